The average Bonchev–Trinajstić information content (AvgIpc) is 2.47. The Morgan fingerprint density at radius 1 is 1.39 bits per heavy atom. The van der Waals surface area contributed by atoms with Crippen molar-refractivity contribution in [1.82, 2.24) is 4.57 Å². The predicted octanol–water partition coefficient (Wildman–Crippen LogP) is 3.51. The van der Waals surface area contributed by atoms with Crippen molar-refractivity contribution in [2.45, 2.75) is 26.6 Å². The number of allylic oxidation sites excluding steroid dienone is 3. The lowest BCUT2D eigenvalue weighted by Crippen LogP contribution is -2.29. The highest BCUT2D eigenvalue weighted by molar-refractivity contribution is 6.56. The van der Waals surface area contributed by atoms with Crippen LogP contribution in [0.2, 0.25) is 0 Å². The Bertz CT molecular complexity index is 715. The van der Waals surface area contributed by atoms with E-state index in [1.54, 1.807) is 32.1 Å². The molecule has 0 aliphatic rings. The maximum atomic E-state index is 12.4. The number of alkyl halides is 3. The Balaban J connectivity index is 3.36. The van der Waals surface area contributed by atoms with E-state index in [0.717, 1.165) is 5.67 Å². The molecule has 0 aromatic carbocycles. The minimum absolute atomic E-state index is 0.0856. The fraction of sp³-hybridized carbons (Fsp3) is 0.267. The molecule has 0 saturated heterocycles. The van der Waals surface area contributed by atoms with Crippen molar-refractivity contribution in [2.75, 3.05) is 0 Å². The van der Waals surface area contributed by atoms with Gasteiger partial charge in [-0.05, 0) is 31.6 Å². The van der Waals surface area contributed by atoms with E-state index in [1.165, 1.54) is 22.9 Å². The Morgan fingerprint density at radius 2 is 2.09 bits per heavy atom. The third-order valence-electron chi connectivity index (χ3n) is 2.76. The van der Waals surface area contributed by atoms with Crippen molar-refractivity contribution in [2.24, 2.45) is 9.98 Å². The summed E-state index contributed by atoms with van der Waals surface area (Å²) < 4.78 is 38.7. The summed E-state index contributed by atoms with van der Waals surface area (Å²) in [4.78, 5) is 18.1. The van der Waals surface area contributed by atoms with E-state index in [9.17, 15) is 18.0 Å². The van der Waals surface area contributed by atoms with E-state index in [1.807, 2.05) is 0 Å². The third kappa shape index (κ3) is 5.86. The summed E-state index contributed by atoms with van der Waals surface area (Å²) >= 11 is 5.37. The molecule has 0 aliphatic carbocycles. The number of amides is 1. The van der Waals surface area contributed by atoms with Crippen LogP contribution in [0, 0.1) is 6.92 Å². The Morgan fingerprint density at radius 3 is 2.65 bits per heavy atom. The number of aryl methyl sites for hydroxylation is 1. The minimum atomic E-state index is -5.01. The molecule has 0 atom stereocenters. The maximum Gasteiger partial charge on any atom is 0.473 e. The Kier molecular flexibility index (Phi) is 6.96. The summed E-state index contributed by atoms with van der Waals surface area (Å²) in [5.74, 6) is -2.15. The number of hydrogen-bond acceptors (Lipinski definition) is 2. The van der Waals surface area contributed by atoms with E-state index in [-0.39, 0.29) is 12.0 Å². The number of nitrogens with zero attached hydrogens (tertiary/aromatic N) is 3. The van der Waals surface area contributed by atoms with Gasteiger partial charge in [0.15, 0.2) is 0 Å². The van der Waals surface area contributed by atoms with Crippen LogP contribution in [0.3, 0.4) is 0 Å². The summed E-state index contributed by atoms with van der Waals surface area (Å²) in [6.07, 6.45) is -0.0426. The van der Waals surface area contributed by atoms with Crippen LogP contribution in [-0.2, 0) is 11.3 Å². The zero-order chi connectivity index (χ0) is 17.5. The highest BCUT2D eigenvalue weighted by atomic mass is 35.5. The fourth-order valence-electron chi connectivity index (χ4n) is 1.76. The standard InChI is InChI=1S/C15H15ClF3N3O/c1-3-5-12(8-20-10-16)9-22-11(2)6-4-7-13(22)21-14(23)15(17,18)19/h3-8,10H,9H2,1-2H3/b5-3-,12-8+,20-10?,21-13?. The number of halogens is 4. The Labute approximate surface area is 136 Å². The van der Waals surface area contributed by atoms with Gasteiger partial charge in [0.25, 0.3) is 0 Å². The number of carbonyl (C=O) groups is 1. The van der Waals surface area contributed by atoms with Gasteiger partial charge < -0.3 is 4.57 Å². The second-order valence-electron chi connectivity index (χ2n) is 4.48. The van der Waals surface area contributed by atoms with Crippen molar-refractivity contribution in [3.63, 3.8) is 0 Å². The molecule has 0 radical (unpaired) electrons. The number of pyridine rings is 1. The summed E-state index contributed by atoms with van der Waals surface area (Å²) in [7, 11) is 0. The highest BCUT2D eigenvalue weighted by Gasteiger charge is 2.38. The van der Waals surface area contributed by atoms with Crippen LogP contribution in [0.15, 0.2) is 52.1 Å². The molecule has 4 nitrogen and oxygen atoms in total. The summed E-state index contributed by atoms with van der Waals surface area (Å²) in [5.41, 5.74) is 2.31. The second-order valence-corrected chi connectivity index (χ2v) is 4.67. The molecule has 0 saturated carbocycles. The molecular weight excluding hydrogens is 331 g/mol. The van der Waals surface area contributed by atoms with Gasteiger partial charge in [0.2, 0.25) is 0 Å². The van der Waals surface area contributed by atoms with Gasteiger partial charge in [-0.3, -0.25) is 9.79 Å². The van der Waals surface area contributed by atoms with E-state index in [0.29, 0.717) is 11.3 Å². The first-order valence-corrected chi connectivity index (χ1v) is 6.99. The van der Waals surface area contributed by atoms with Crippen LogP contribution in [0.4, 0.5) is 13.2 Å². The molecule has 124 valence electrons. The average molecular weight is 346 g/mol. The zero-order valence-corrected chi connectivity index (χ0v) is 13.3. The van der Waals surface area contributed by atoms with E-state index in [4.69, 9.17) is 11.6 Å². The first-order chi connectivity index (χ1) is 10.8. The number of rotatable bonds is 4. The number of aromatic nitrogens is 1. The van der Waals surface area contributed by atoms with Gasteiger partial charge >= 0.3 is 12.1 Å². The van der Waals surface area contributed by atoms with E-state index < -0.39 is 12.1 Å². The van der Waals surface area contributed by atoms with Gasteiger partial charge in [0.1, 0.15) is 5.49 Å². The van der Waals surface area contributed by atoms with Crippen LogP contribution in [0.25, 0.3) is 0 Å². The van der Waals surface area contributed by atoms with Gasteiger partial charge in [-0.1, -0.05) is 29.8 Å². The third-order valence-corrected chi connectivity index (χ3v) is 2.87. The van der Waals surface area contributed by atoms with Gasteiger partial charge in [-0.15, -0.1) is 0 Å². The van der Waals surface area contributed by atoms with Crippen molar-refractivity contribution in [3.05, 3.63) is 53.3 Å². The van der Waals surface area contributed by atoms with Crippen LogP contribution < -0.4 is 5.49 Å². The van der Waals surface area contributed by atoms with Gasteiger partial charge in [-0.25, -0.2) is 0 Å². The van der Waals surface area contributed by atoms with Crippen LogP contribution >= 0.6 is 11.6 Å². The number of carbonyl (C=O) groups excluding carboxylic acids is 1. The molecule has 0 N–H and O–H groups in total. The molecule has 0 spiro atoms. The molecule has 1 heterocycles. The van der Waals surface area contributed by atoms with Gasteiger partial charge in [-0.2, -0.15) is 18.2 Å². The molecule has 23 heavy (non-hydrogen) atoms. The van der Waals surface area contributed by atoms with Gasteiger partial charge in [0, 0.05) is 11.9 Å². The van der Waals surface area contributed by atoms with Crippen molar-refractivity contribution >= 4 is 23.2 Å². The molecule has 0 aliphatic heterocycles. The SMILES string of the molecule is C/C=C\C(=C/N=CCl)Cn1c(C)cccc1=NC(=O)C(F)(F)F. The van der Waals surface area contributed by atoms with Gasteiger partial charge in [0.05, 0.1) is 12.2 Å². The first kappa shape index (κ1) is 18.9. The highest BCUT2D eigenvalue weighted by Crippen LogP contribution is 2.16. The lowest BCUT2D eigenvalue weighted by atomic mass is 10.2. The van der Waals surface area contributed by atoms with Crippen molar-refractivity contribution < 1.29 is 18.0 Å². The molecule has 1 amide bonds. The predicted molar refractivity (Wildman–Crippen MR) is 83.0 cm³/mol. The molecule has 0 fully saturated rings. The summed E-state index contributed by atoms with van der Waals surface area (Å²) in [6, 6.07) is 4.58. The maximum absolute atomic E-state index is 12.4. The molecule has 1 aromatic rings. The molecular formula is C15H15ClF3N3O. The van der Waals surface area contributed by atoms with E-state index in [2.05, 4.69) is 9.98 Å². The quantitative estimate of drug-likeness (QED) is 0.608. The molecule has 0 bridgehead atoms. The van der Waals surface area contributed by atoms with E-state index >= 15 is 0 Å². The monoisotopic (exact) mass is 345 g/mol. The molecule has 1 rings (SSSR count). The second kappa shape index (κ2) is 8.47. The smallest absolute Gasteiger partial charge is 0.326 e. The van der Waals surface area contributed by atoms with Crippen LogP contribution in [-0.4, -0.2) is 22.3 Å². The largest absolute Gasteiger partial charge is 0.473 e. The number of hydrogen-bond donors (Lipinski definition) is 0. The molecule has 0 unspecified atom stereocenters. The normalized spacial score (nSPS) is 14.2. The van der Waals surface area contributed by atoms with Crippen LogP contribution in [0.5, 0.6) is 0 Å². The van der Waals surface area contributed by atoms with Crippen molar-refractivity contribution in [3.8, 4) is 0 Å². The molecule has 1 aromatic heterocycles. The minimum Gasteiger partial charge on any atom is -0.326 e. The topological polar surface area (TPSA) is 46.7 Å². The zero-order valence-electron chi connectivity index (χ0n) is 12.5. The molecule has 8 heteroatoms. The summed E-state index contributed by atoms with van der Waals surface area (Å²) in [5, 5.41) is 0. The lowest BCUT2D eigenvalue weighted by molar-refractivity contribution is -0.169. The lowest BCUT2D eigenvalue weighted by Gasteiger charge is -2.12. The van der Waals surface area contributed by atoms with Crippen LogP contribution in [0.1, 0.15) is 12.6 Å². The van der Waals surface area contributed by atoms with Crippen molar-refractivity contribution in [1.29, 1.82) is 0 Å². The summed E-state index contributed by atoms with van der Waals surface area (Å²) in [6.45, 7) is 3.68. The Hall–Kier alpha value is -2.15. The fourth-order valence-corrected chi connectivity index (χ4v) is 1.82. The number of aliphatic imine (C=N–C) groups is 1. The first-order valence-electron chi connectivity index (χ1n) is 6.55.